The Morgan fingerprint density at radius 2 is 0.957 bits per heavy atom. The van der Waals surface area contributed by atoms with Crippen LogP contribution in [0.1, 0.15) is 78.8 Å². The Bertz CT molecular complexity index is 4600. The summed E-state index contributed by atoms with van der Waals surface area (Å²) in [6.07, 6.45) is 9.55. The standard InChI is InChI=1S/C33H31ClN6O4S.C23H22ClN5O2S.C10H11NO3.CH4/c1-21-18-24(36-22(2)41)12-13-26(21)32(42)39-16-14-23(15-17-39)37-33-35-19-29(34)31(38-33)28-20-40(30-11-7-6-10-27(28)30)45(43,44)25-8-4-3-5-9-25;24-20-14-26-23(27-16-10-12-25-13-11-16)28-22(20)19-15-29(21-9-5-4-8-18(19)21)32(30,31)17-6-2-1-3-7-17;1-6-5-8(11-7(2)12)3-4-9(6)10(13)14;/h3-13,18-20,23H,14-17H2,1-2H3,(H,36,41)(H,35,37,38);1-9,14-16,25H,10-13H2,(H,26,27,28);3-5H,1-2H3,(H,11,12)(H,13,14);1H4. The van der Waals surface area contributed by atoms with Gasteiger partial charge in [-0.1, -0.05) is 103 Å². The second-order valence-corrected chi connectivity index (χ2v) is 26.2. The molecule has 0 unspecified atom stereocenters. The van der Waals surface area contributed by atoms with E-state index < -0.39 is 26.0 Å². The molecule has 0 spiro atoms. The summed E-state index contributed by atoms with van der Waals surface area (Å²) < 4.78 is 56.5. The van der Waals surface area contributed by atoms with E-state index in [0.717, 1.165) is 36.9 Å². The maximum atomic E-state index is 13.6. The van der Waals surface area contributed by atoms with Crippen molar-refractivity contribution in [2.75, 3.05) is 47.4 Å². The van der Waals surface area contributed by atoms with Gasteiger partial charge in [-0.2, -0.15) is 0 Å². The second-order valence-electron chi connectivity index (χ2n) is 21.7. The predicted molar refractivity (Wildman–Crippen MR) is 361 cm³/mol. The average Bonchev–Trinajstić information content (AvgIpc) is 1.63. The smallest absolute Gasteiger partial charge is 0.335 e. The second kappa shape index (κ2) is 29.2. The number of nitrogens with one attached hydrogen (secondary N) is 5. The summed E-state index contributed by atoms with van der Waals surface area (Å²) in [5.74, 6) is -0.496. The molecule has 0 bridgehead atoms. The number of benzene rings is 6. The molecule has 6 heterocycles. The molecule has 476 valence electrons. The molecular weight excluding hydrogens is 1250 g/mol. The van der Waals surface area contributed by atoms with E-state index in [1.165, 1.54) is 34.1 Å². The van der Waals surface area contributed by atoms with Gasteiger partial charge in [-0.25, -0.2) is 49.5 Å². The molecule has 2 saturated heterocycles. The zero-order chi connectivity index (χ0) is 64.6. The Balaban J connectivity index is 0.000000184. The molecule has 3 amide bonds. The van der Waals surface area contributed by atoms with Crippen molar-refractivity contribution in [2.24, 2.45) is 0 Å². The zero-order valence-electron chi connectivity index (χ0n) is 49.9. The lowest BCUT2D eigenvalue weighted by atomic mass is 10.0. The summed E-state index contributed by atoms with van der Waals surface area (Å²) in [5, 5.41) is 26.3. The Labute approximate surface area is 543 Å². The van der Waals surface area contributed by atoms with Crippen LogP contribution < -0.4 is 26.6 Å². The summed E-state index contributed by atoms with van der Waals surface area (Å²) in [5.41, 5.74) is 6.75. The Hall–Kier alpha value is -9.52. The van der Waals surface area contributed by atoms with E-state index in [1.54, 1.807) is 135 Å². The maximum Gasteiger partial charge on any atom is 0.335 e. The molecule has 10 aromatic rings. The van der Waals surface area contributed by atoms with Crippen molar-refractivity contribution in [3.8, 4) is 22.5 Å². The van der Waals surface area contributed by atoms with E-state index in [-0.39, 0.29) is 52.6 Å². The van der Waals surface area contributed by atoms with Gasteiger partial charge in [0, 0.05) is 90.3 Å². The lowest BCUT2D eigenvalue weighted by Gasteiger charge is -2.32. The number of carbonyl (C=O) groups is 4. The molecule has 6 N–H and O–H groups in total. The number of hydrogen-bond acceptors (Lipinski definition) is 15. The third kappa shape index (κ3) is 15.3. The van der Waals surface area contributed by atoms with Gasteiger partial charge in [-0.05, 0) is 137 Å². The number of fused-ring (bicyclic) bond motifs is 2. The number of amides is 3. The van der Waals surface area contributed by atoms with Crippen LogP contribution in [0.3, 0.4) is 0 Å². The topological polar surface area (TPSA) is 282 Å². The fraction of sp³-hybridized carbons (Fsp3) is 0.224. The van der Waals surface area contributed by atoms with E-state index in [0.29, 0.717) is 109 Å². The zero-order valence-corrected chi connectivity index (χ0v) is 53.0. The summed E-state index contributed by atoms with van der Waals surface area (Å²) in [6.45, 7) is 9.39. The number of aryl methyl sites for hydroxylation is 2. The van der Waals surface area contributed by atoms with Crippen molar-refractivity contribution in [1.82, 2.24) is 38.1 Å². The molecule has 0 radical (unpaired) electrons. The number of likely N-dealkylation sites (tertiary alicyclic amines) is 1. The van der Waals surface area contributed by atoms with Gasteiger partial charge in [0.15, 0.2) is 0 Å². The van der Waals surface area contributed by atoms with Crippen LogP contribution in [0, 0.1) is 13.8 Å². The van der Waals surface area contributed by atoms with Crippen molar-refractivity contribution in [3.05, 3.63) is 203 Å². The molecule has 0 saturated carbocycles. The van der Waals surface area contributed by atoms with Gasteiger partial charge < -0.3 is 36.6 Å². The minimum atomic E-state index is -3.87. The number of carboxylic acids is 1. The van der Waals surface area contributed by atoms with Crippen LogP contribution in [0.15, 0.2) is 180 Å². The van der Waals surface area contributed by atoms with Gasteiger partial charge in [0.05, 0.1) is 60.2 Å². The lowest BCUT2D eigenvalue weighted by molar-refractivity contribution is -0.115. The van der Waals surface area contributed by atoms with E-state index in [4.69, 9.17) is 33.3 Å². The number of hydrogen-bond donors (Lipinski definition) is 6. The molecule has 6 aromatic carbocycles. The van der Waals surface area contributed by atoms with Crippen LogP contribution in [0.2, 0.25) is 10.0 Å². The number of aromatic nitrogens is 6. The van der Waals surface area contributed by atoms with E-state index in [9.17, 15) is 36.0 Å². The highest BCUT2D eigenvalue weighted by Crippen LogP contribution is 2.38. The van der Waals surface area contributed by atoms with Crippen LogP contribution in [-0.2, 0) is 29.6 Å². The third-order valence-corrected chi connectivity index (χ3v) is 19.2. The minimum absolute atomic E-state index is 0. The number of halogens is 2. The number of aromatic carboxylic acids is 1. The first kappa shape index (κ1) is 66.9. The SMILES string of the molecule is C.CC(=O)Nc1ccc(C(=O)N2CCC(Nc3ncc(Cl)c(-c4cn(S(=O)(=O)c5ccccc5)c5ccccc45)n3)CC2)c(C)c1.CC(=O)Nc1ccc(C(=O)O)c(C)c1.O=S(=O)(c1ccccc1)n1cc(-c2nc(NC3CCNCC3)ncc2Cl)c2ccccc21. The Morgan fingerprint density at radius 3 is 1.37 bits per heavy atom. The molecule has 0 atom stereocenters. The molecule has 0 aliphatic carbocycles. The van der Waals surface area contributed by atoms with Crippen molar-refractivity contribution >= 4 is 112 Å². The predicted octanol–water partition coefficient (Wildman–Crippen LogP) is 12.4. The lowest BCUT2D eigenvalue weighted by Crippen LogP contribution is -2.42. The molecule has 2 fully saturated rings. The largest absolute Gasteiger partial charge is 0.478 e. The van der Waals surface area contributed by atoms with Crippen molar-refractivity contribution in [1.29, 1.82) is 0 Å². The van der Waals surface area contributed by atoms with Crippen LogP contribution in [0.25, 0.3) is 44.3 Å². The fourth-order valence-corrected chi connectivity index (χ4v) is 14.0. The van der Waals surface area contributed by atoms with Gasteiger partial charge in [-0.3, -0.25) is 14.4 Å². The first-order valence-electron chi connectivity index (χ1n) is 29.1. The minimum Gasteiger partial charge on any atom is -0.478 e. The highest BCUT2D eigenvalue weighted by atomic mass is 35.5. The van der Waals surface area contributed by atoms with Crippen molar-refractivity contribution in [2.45, 2.75) is 82.7 Å². The number of para-hydroxylation sites is 2. The monoisotopic (exact) mass is 1320 g/mol. The summed E-state index contributed by atoms with van der Waals surface area (Å²) in [7, 11) is -7.67. The molecule has 21 nitrogen and oxygen atoms in total. The number of nitrogens with zero attached hydrogens (tertiary/aromatic N) is 7. The van der Waals surface area contributed by atoms with Crippen LogP contribution in [0.4, 0.5) is 23.3 Å². The van der Waals surface area contributed by atoms with Crippen LogP contribution >= 0.6 is 23.2 Å². The molecule has 4 aromatic heterocycles. The van der Waals surface area contributed by atoms with Gasteiger partial charge in [0.2, 0.25) is 23.7 Å². The molecule has 2 aliphatic rings. The Kier molecular flexibility index (Phi) is 21.2. The van der Waals surface area contributed by atoms with Crippen LogP contribution in [-0.4, -0.2) is 117 Å². The number of carboxylic acid groups (broad SMARTS) is 1. The average molecular weight is 1320 g/mol. The van der Waals surface area contributed by atoms with E-state index >= 15 is 0 Å². The van der Waals surface area contributed by atoms with Crippen LogP contribution in [0.5, 0.6) is 0 Å². The normalized spacial score (nSPS) is 13.6. The van der Waals surface area contributed by atoms with Gasteiger partial charge in [0.1, 0.15) is 0 Å². The number of piperidine rings is 2. The highest BCUT2D eigenvalue weighted by molar-refractivity contribution is 7.90. The summed E-state index contributed by atoms with van der Waals surface area (Å²) >= 11 is 13.1. The molecule has 25 heteroatoms. The molecular formula is C67H68Cl2N12O9S2. The maximum absolute atomic E-state index is 13.6. The molecule has 12 rings (SSSR count). The Morgan fingerprint density at radius 1 is 0.554 bits per heavy atom. The number of carbonyl (C=O) groups excluding carboxylic acids is 3. The third-order valence-electron chi connectivity index (χ3n) is 15.3. The van der Waals surface area contributed by atoms with Crippen molar-refractivity contribution in [3.63, 3.8) is 0 Å². The number of rotatable bonds is 14. The summed E-state index contributed by atoms with van der Waals surface area (Å²) in [4.78, 5) is 66.4. The van der Waals surface area contributed by atoms with E-state index in [1.807, 2.05) is 42.2 Å². The van der Waals surface area contributed by atoms with Gasteiger partial charge in [-0.15, -0.1) is 0 Å². The first-order valence-corrected chi connectivity index (χ1v) is 32.7. The summed E-state index contributed by atoms with van der Waals surface area (Å²) in [6, 6.07) is 41.5. The highest BCUT2D eigenvalue weighted by Gasteiger charge is 2.28. The first-order chi connectivity index (χ1) is 43.7. The quantitative estimate of drug-likeness (QED) is 0.0590. The van der Waals surface area contributed by atoms with E-state index in [2.05, 4.69) is 41.5 Å². The fourth-order valence-electron chi connectivity index (χ4n) is 10.8. The van der Waals surface area contributed by atoms with Gasteiger partial charge in [0.25, 0.3) is 26.0 Å². The van der Waals surface area contributed by atoms with Gasteiger partial charge >= 0.3 is 5.97 Å². The van der Waals surface area contributed by atoms with Crippen molar-refractivity contribution < 1.29 is 41.1 Å². The molecule has 2 aliphatic heterocycles. The number of anilines is 4. The molecule has 92 heavy (non-hydrogen) atoms.